The van der Waals surface area contributed by atoms with Gasteiger partial charge in [-0.05, 0) is 48.5 Å². The summed E-state index contributed by atoms with van der Waals surface area (Å²) in [5.41, 5.74) is 1.66. The van der Waals surface area contributed by atoms with Crippen LogP contribution in [-0.4, -0.2) is 44.5 Å². The number of rotatable bonds is 8. The summed E-state index contributed by atoms with van der Waals surface area (Å²) < 4.78 is 12.0. The summed E-state index contributed by atoms with van der Waals surface area (Å²) in [4.78, 5) is 28.3. The van der Waals surface area contributed by atoms with Gasteiger partial charge in [0.1, 0.15) is 11.5 Å². The van der Waals surface area contributed by atoms with E-state index in [-0.39, 0.29) is 11.7 Å². The standard InChI is InChI=1S/C22H19N5O4S/c1-30-21(29)15-7-9-16(10-8-15)24-19(28)14-32-22-26-25-20(18-6-2-3-11-23-18)27(22)13-17-5-4-12-31-17/h2-12H,13-14H2,1H3,(H,24,28). The summed E-state index contributed by atoms with van der Waals surface area (Å²) in [6.07, 6.45) is 3.29. The number of amides is 1. The third-order valence-electron chi connectivity index (χ3n) is 4.43. The third-order valence-corrected chi connectivity index (χ3v) is 5.39. The number of nitrogens with zero attached hydrogens (tertiary/aromatic N) is 4. The van der Waals surface area contributed by atoms with Crippen molar-refractivity contribution in [2.75, 3.05) is 18.2 Å². The van der Waals surface area contributed by atoms with E-state index >= 15 is 0 Å². The highest BCUT2D eigenvalue weighted by molar-refractivity contribution is 7.99. The van der Waals surface area contributed by atoms with Crippen LogP contribution in [0.4, 0.5) is 5.69 Å². The minimum absolute atomic E-state index is 0.122. The molecule has 0 aliphatic rings. The zero-order valence-electron chi connectivity index (χ0n) is 17.1. The van der Waals surface area contributed by atoms with E-state index in [1.165, 1.54) is 18.9 Å². The Hall–Kier alpha value is -3.92. The highest BCUT2D eigenvalue weighted by atomic mass is 32.2. The highest BCUT2D eigenvalue weighted by Gasteiger charge is 2.18. The van der Waals surface area contributed by atoms with E-state index in [2.05, 4.69) is 25.2 Å². The minimum atomic E-state index is -0.432. The second kappa shape index (κ2) is 9.92. The fraction of sp³-hybridized carbons (Fsp3) is 0.136. The topological polar surface area (TPSA) is 112 Å². The van der Waals surface area contributed by atoms with Gasteiger partial charge in [0.15, 0.2) is 11.0 Å². The molecule has 3 heterocycles. The van der Waals surface area contributed by atoms with E-state index in [4.69, 9.17) is 4.42 Å². The molecule has 0 atom stereocenters. The Kier molecular flexibility index (Phi) is 6.61. The number of benzene rings is 1. The molecule has 3 aromatic heterocycles. The quantitative estimate of drug-likeness (QED) is 0.321. The Balaban J connectivity index is 1.46. The number of hydrogen-bond acceptors (Lipinski definition) is 8. The van der Waals surface area contributed by atoms with Crippen LogP contribution in [-0.2, 0) is 16.1 Å². The first-order valence-electron chi connectivity index (χ1n) is 9.62. The van der Waals surface area contributed by atoms with E-state index in [1.54, 1.807) is 36.7 Å². The van der Waals surface area contributed by atoms with Gasteiger partial charge in [-0.25, -0.2) is 4.79 Å². The molecule has 9 nitrogen and oxygen atoms in total. The molecule has 0 fully saturated rings. The fourth-order valence-electron chi connectivity index (χ4n) is 2.92. The van der Waals surface area contributed by atoms with Crippen LogP contribution in [0.25, 0.3) is 11.5 Å². The van der Waals surface area contributed by atoms with Crippen molar-refractivity contribution in [2.45, 2.75) is 11.7 Å². The van der Waals surface area contributed by atoms with Crippen LogP contribution < -0.4 is 5.32 Å². The van der Waals surface area contributed by atoms with Crippen molar-refractivity contribution < 1.29 is 18.7 Å². The van der Waals surface area contributed by atoms with E-state index in [9.17, 15) is 9.59 Å². The maximum atomic E-state index is 12.5. The molecule has 4 aromatic rings. The van der Waals surface area contributed by atoms with Gasteiger partial charge in [-0.15, -0.1) is 10.2 Å². The molecule has 10 heteroatoms. The van der Waals surface area contributed by atoms with Gasteiger partial charge in [-0.3, -0.25) is 14.3 Å². The van der Waals surface area contributed by atoms with Crippen molar-refractivity contribution >= 4 is 29.3 Å². The number of esters is 1. The van der Waals surface area contributed by atoms with Crippen LogP contribution in [0.5, 0.6) is 0 Å². The van der Waals surface area contributed by atoms with Gasteiger partial charge < -0.3 is 14.5 Å². The number of carbonyl (C=O) groups excluding carboxylic acids is 2. The summed E-state index contributed by atoms with van der Waals surface area (Å²) in [5.74, 6) is 0.796. The maximum absolute atomic E-state index is 12.5. The lowest BCUT2D eigenvalue weighted by atomic mass is 10.2. The number of nitrogens with one attached hydrogen (secondary N) is 1. The smallest absolute Gasteiger partial charge is 0.337 e. The molecule has 0 saturated heterocycles. The molecule has 32 heavy (non-hydrogen) atoms. The molecule has 0 bridgehead atoms. The Morgan fingerprint density at radius 1 is 1.09 bits per heavy atom. The Labute approximate surface area is 187 Å². The summed E-state index contributed by atoms with van der Waals surface area (Å²) in [5, 5.41) is 11.9. The van der Waals surface area contributed by atoms with Crippen molar-refractivity contribution in [1.82, 2.24) is 19.7 Å². The lowest BCUT2D eigenvalue weighted by molar-refractivity contribution is -0.113. The SMILES string of the molecule is COC(=O)c1ccc(NC(=O)CSc2nnc(-c3ccccn3)n2Cc2ccco2)cc1. The van der Waals surface area contributed by atoms with Crippen molar-refractivity contribution in [2.24, 2.45) is 0 Å². The second-order valence-electron chi connectivity index (χ2n) is 6.59. The second-order valence-corrected chi connectivity index (χ2v) is 7.53. The molecule has 1 amide bonds. The van der Waals surface area contributed by atoms with Gasteiger partial charge in [0.2, 0.25) is 5.91 Å². The third kappa shape index (κ3) is 5.03. The van der Waals surface area contributed by atoms with Gasteiger partial charge >= 0.3 is 5.97 Å². The van der Waals surface area contributed by atoms with Gasteiger partial charge in [0, 0.05) is 11.9 Å². The number of ether oxygens (including phenoxy) is 1. The van der Waals surface area contributed by atoms with Crippen LogP contribution in [0, 0.1) is 0 Å². The van der Waals surface area contributed by atoms with Crippen molar-refractivity contribution in [3.05, 3.63) is 78.4 Å². The van der Waals surface area contributed by atoms with Crippen molar-refractivity contribution in [3.63, 3.8) is 0 Å². The molecule has 0 spiro atoms. The summed E-state index contributed by atoms with van der Waals surface area (Å²) in [7, 11) is 1.32. The Morgan fingerprint density at radius 3 is 2.62 bits per heavy atom. The number of aromatic nitrogens is 4. The number of furan rings is 1. The van der Waals surface area contributed by atoms with Crippen LogP contribution in [0.3, 0.4) is 0 Å². The molecule has 1 aromatic carbocycles. The predicted octanol–water partition coefficient (Wildman–Crippen LogP) is 3.50. The minimum Gasteiger partial charge on any atom is -0.467 e. The van der Waals surface area contributed by atoms with Gasteiger partial charge in [-0.1, -0.05) is 17.8 Å². The summed E-state index contributed by atoms with van der Waals surface area (Å²) >= 11 is 1.26. The number of thioether (sulfide) groups is 1. The first-order chi connectivity index (χ1) is 15.6. The average molecular weight is 449 g/mol. The Bertz CT molecular complexity index is 1190. The van der Waals surface area contributed by atoms with Gasteiger partial charge in [0.05, 0.1) is 31.2 Å². The zero-order chi connectivity index (χ0) is 22.3. The zero-order valence-corrected chi connectivity index (χ0v) is 17.9. The normalized spacial score (nSPS) is 10.7. The number of carbonyl (C=O) groups is 2. The predicted molar refractivity (Wildman–Crippen MR) is 118 cm³/mol. The molecule has 1 N–H and O–H groups in total. The average Bonchev–Trinajstić information content (AvgIpc) is 3.49. The highest BCUT2D eigenvalue weighted by Crippen LogP contribution is 2.24. The first kappa shape index (κ1) is 21.3. The molecule has 0 radical (unpaired) electrons. The molecule has 0 aliphatic heterocycles. The monoisotopic (exact) mass is 449 g/mol. The lowest BCUT2D eigenvalue weighted by Gasteiger charge is -2.09. The Morgan fingerprint density at radius 2 is 1.94 bits per heavy atom. The number of pyridine rings is 1. The van der Waals surface area contributed by atoms with Crippen LogP contribution in [0.1, 0.15) is 16.1 Å². The number of anilines is 1. The molecule has 162 valence electrons. The van der Waals surface area contributed by atoms with Crippen molar-refractivity contribution in [3.8, 4) is 11.5 Å². The van der Waals surface area contributed by atoms with Crippen LogP contribution in [0.15, 0.2) is 76.6 Å². The maximum Gasteiger partial charge on any atom is 0.337 e. The molecular weight excluding hydrogens is 430 g/mol. The number of methoxy groups -OCH3 is 1. The summed E-state index contributed by atoms with van der Waals surface area (Å²) in [6, 6.07) is 15.7. The first-order valence-corrected chi connectivity index (χ1v) is 10.6. The summed E-state index contributed by atoms with van der Waals surface area (Å²) in [6.45, 7) is 0.408. The van der Waals surface area contributed by atoms with E-state index in [0.29, 0.717) is 34.5 Å². The fourth-order valence-corrected chi connectivity index (χ4v) is 3.65. The van der Waals surface area contributed by atoms with E-state index in [1.807, 2.05) is 34.9 Å². The lowest BCUT2D eigenvalue weighted by Crippen LogP contribution is -2.15. The van der Waals surface area contributed by atoms with Crippen LogP contribution in [0.2, 0.25) is 0 Å². The van der Waals surface area contributed by atoms with Gasteiger partial charge in [0.25, 0.3) is 0 Å². The largest absolute Gasteiger partial charge is 0.467 e. The van der Waals surface area contributed by atoms with Crippen molar-refractivity contribution in [1.29, 1.82) is 0 Å². The molecular formula is C22H19N5O4S. The van der Waals surface area contributed by atoms with E-state index < -0.39 is 5.97 Å². The van der Waals surface area contributed by atoms with Gasteiger partial charge in [-0.2, -0.15) is 0 Å². The number of hydrogen-bond donors (Lipinski definition) is 1. The van der Waals surface area contributed by atoms with E-state index in [0.717, 1.165) is 5.76 Å². The molecule has 0 aliphatic carbocycles. The molecule has 0 unspecified atom stereocenters. The van der Waals surface area contributed by atoms with Crippen LogP contribution >= 0.6 is 11.8 Å². The molecule has 4 rings (SSSR count). The molecule has 0 saturated carbocycles.